The summed E-state index contributed by atoms with van der Waals surface area (Å²) in [5, 5.41) is 0.916. The van der Waals surface area contributed by atoms with Crippen molar-refractivity contribution in [1.29, 1.82) is 0 Å². The molecule has 0 bridgehead atoms. The van der Waals surface area contributed by atoms with Crippen LogP contribution in [0, 0.1) is 0 Å². The lowest BCUT2D eigenvalue weighted by Gasteiger charge is -1.97. The van der Waals surface area contributed by atoms with Gasteiger partial charge in [-0.25, -0.2) is 9.97 Å². The van der Waals surface area contributed by atoms with Gasteiger partial charge in [-0.2, -0.15) is 4.37 Å². The average molecular weight is 224 g/mol. The molecule has 0 spiro atoms. The molecule has 6 heteroatoms. The Balaban J connectivity index is 2.10. The first-order valence-electron chi connectivity index (χ1n) is 3.98. The molecule has 4 nitrogen and oxygen atoms in total. The Kier molecular flexibility index (Phi) is 3.07. The van der Waals surface area contributed by atoms with E-state index in [1.807, 2.05) is 12.1 Å². The summed E-state index contributed by atoms with van der Waals surface area (Å²) < 4.78 is 4.81. The third-order valence-corrected chi connectivity index (χ3v) is 3.23. The van der Waals surface area contributed by atoms with Crippen LogP contribution in [0.5, 0.6) is 0 Å². The maximum atomic E-state index is 5.47. The summed E-state index contributed by atoms with van der Waals surface area (Å²) in [6, 6.07) is 3.91. The van der Waals surface area contributed by atoms with E-state index in [0.717, 1.165) is 14.9 Å². The average Bonchev–Trinajstić information content (AvgIpc) is 2.72. The smallest absolute Gasteiger partial charge is 0.175 e. The summed E-state index contributed by atoms with van der Waals surface area (Å²) in [6.07, 6.45) is 3.32. The second-order valence-corrected chi connectivity index (χ2v) is 4.57. The summed E-state index contributed by atoms with van der Waals surface area (Å²) in [6.45, 7) is 0.525. The molecule has 0 fully saturated rings. The van der Waals surface area contributed by atoms with Crippen LogP contribution in [-0.2, 0) is 6.54 Å². The third kappa shape index (κ3) is 2.28. The lowest BCUT2D eigenvalue weighted by Crippen LogP contribution is -1.96. The van der Waals surface area contributed by atoms with E-state index in [1.54, 1.807) is 12.5 Å². The minimum Gasteiger partial charge on any atom is -0.326 e. The zero-order valence-electron chi connectivity index (χ0n) is 7.25. The van der Waals surface area contributed by atoms with Gasteiger partial charge in [-0.1, -0.05) is 6.07 Å². The summed E-state index contributed by atoms with van der Waals surface area (Å²) in [5.74, 6) is 0. The van der Waals surface area contributed by atoms with E-state index in [-0.39, 0.29) is 0 Å². The highest BCUT2D eigenvalue weighted by Crippen LogP contribution is 2.25. The van der Waals surface area contributed by atoms with Crippen molar-refractivity contribution in [3.05, 3.63) is 30.2 Å². The third-order valence-electron chi connectivity index (χ3n) is 1.57. The molecule has 0 saturated carbocycles. The van der Waals surface area contributed by atoms with Crippen LogP contribution in [0.15, 0.2) is 34.0 Å². The Morgan fingerprint density at radius 1 is 1.36 bits per heavy atom. The van der Waals surface area contributed by atoms with Crippen molar-refractivity contribution in [2.75, 3.05) is 0 Å². The Bertz CT molecular complexity index is 384. The standard InChI is InChI=1S/C8H8N4S2/c9-3-6-1-2-7(10-4-6)13-8-11-5-12-14-8/h1-2,4-5H,3,9H2. The zero-order chi connectivity index (χ0) is 9.80. The quantitative estimate of drug-likeness (QED) is 0.856. The number of nitrogens with two attached hydrogens (primary N) is 1. The summed E-state index contributed by atoms with van der Waals surface area (Å²) in [4.78, 5) is 8.31. The lowest BCUT2D eigenvalue weighted by atomic mass is 10.3. The molecule has 0 aromatic carbocycles. The van der Waals surface area contributed by atoms with Crippen molar-refractivity contribution < 1.29 is 0 Å². The molecule has 0 unspecified atom stereocenters. The van der Waals surface area contributed by atoms with Crippen LogP contribution in [0.1, 0.15) is 5.56 Å². The molecule has 2 N–H and O–H groups in total. The van der Waals surface area contributed by atoms with E-state index >= 15 is 0 Å². The van der Waals surface area contributed by atoms with E-state index in [0.29, 0.717) is 6.54 Å². The molecule has 14 heavy (non-hydrogen) atoms. The number of hydrogen-bond donors (Lipinski definition) is 1. The van der Waals surface area contributed by atoms with Gasteiger partial charge < -0.3 is 5.73 Å². The van der Waals surface area contributed by atoms with Gasteiger partial charge in [0.15, 0.2) is 4.34 Å². The van der Waals surface area contributed by atoms with Gasteiger partial charge in [0.2, 0.25) is 0 Å². The van der Waals surface area contributed by atoms with E-state index in [1.165, 1.54) is 23.3 Å². The van der Waals surface area contributed by atoms with Gasteiger partial charge in [0.25, 0.3) is 0 Å². The number of aromatic nitrogens is 3. The van der Waals surface area contributed by atoms with Crippen molar-refractivity contribution in [3.63, 3.8) is 0 Å². The SMILES string of the molecule is NCc1ccc(Sc2ncns2)nc1. The zero-order valence-corrected chi connectivity index (χ0v) is 8.88. The van der Waals surface area contributed by atoms with Crippen LogP contribution in [0.2, 0.25) is 0 Å². The first-order valence-corrected chi connectivity index (χ1v) is 5.57. The molecular weight excluding hydrogens is 216 g/mol. The second kappa shape index (κ2) is 4.50. The molecular formula is C8H8N4S2. The molecule has 72 valence electrons. The molecule has 0 radical (unpaired) electrons. The topological polar surface area (TPSA) is 64.7 Å². The van der Waals surface area contributed by atoms with Crippen molar-refractivity contribution >= 4 is 23.3 Å². The maximum absolute atomic E-state index is 5.47. The van der Waals surface area contributed by atoms with Crippen LogP contribution >= 0.6 is 23.3 Å². The van der Waals surface area contributed by atoms with E-state index in [4.69, 9.17) is 5.73 Å². The highest BCUT2D eigenvalue weighted by Gasteiger charge is 2.01. The van der Waals surface area contributed by atoms with Crippen LogP contribution in [0.4, 0.5) is 0 Å². The van der Waals surface area contributed by atoms with Gasteiger partial charge in [-0.3, -0.25) is 0 Å². The Hall–Kier alpha value is -0.980. The Labute approximate surface area is 89.8 Å². The fourth-order valence-corrected chi connectivity index (χ4v) is 2.22. The molecule has 0 aliphatic heterocycles. The molecule has 0 amide bonds. The molecule has 0 atom stereocenters. The summed E-state index contributed by atoms with van der Waals surface area (Å²) >= 11 is 2.87. The number of pyridine rings is 1. The normalized spacial score (nSPS) is 10.4. The van der Waals surface area contributed by atoms with Crippen LogP contribution in [-0.4, -0.2) is 14.3 Å². The van der Waals surface area contributed by atoms with E-state index < -0.39 is 0 Å². The van der Waals surface area contributed by atoms with Crippen molar-refractivity contribution in [1.82, 2.24) is 14.3 Å². The predicted octanol–water partition coefficient (Wildman–Crippen LogP) is 1.54. The minimum atomic E-state index is 0.525. The molecule has 2 rings (SSSR count). The maximum Gasteiger partial charge on any atom is 0.175 e. The number of rotatable bonds is 3. The molecule has 2 heterocycles. The minimum absolute atomic E-state index is 0.525. The fourth-order valence-electron chi connectivity index (χ4n) is 0.889. The summed E-state index contributed by atoms with van der Waals surface area (Å²) in [7, 11) is 0. The molecule has 2 aromatic rings. The van der Waals surface area contributed by atoms with Crippen molar-refractivity contribution in [3.8, 4) is 0 Å². The monoisotopic (exact) mass is 224 g/mol. The van der Waals surface area contributed by atoms with E-state index in [9.17, 15) is 0 Å². The number of nitrogens with zero attached hydrogens (tertiary/aromatic N) is 3. The first-order chi connectivity index (χ1) is 6.88. The Morgan fingerprint density at radius 3 is 2.86 bits per heavy atom. The van der Waals surface area contributed by atoms with Gasteiger partial charge in [-0.05, 0) is 34.9 Å². The van der Waals surface area contributed by atoms with Crippen molar-refractivity contribution in [2.45, 2.75) is 15.9 Å². The highest BCUT2D eigenvalue weighted by atomic mass is 32.2. The van der Waals surface area contributed by atoms with Gasteiger partial charge in [-0.15, -0.1) is 0 Å². The predicted molar refractivity (Wildman–Crippen MR) is 56.2 cm³/mol. The van der Waals surface area contributed by atoms with Gasteiger partial charge in [0.1, 0.15) is 11.4 Å². The van der Waals surface area contributed by atoms with E-state index in [2.05, 4.69) is 14.3 Å². The number of hydrogen-bond acceptors (Lipinski definition) is 6. The fraction of sp³-hybridized carbons (Fsp3) is 0.125. The van der Waals surface area contributed by atoms with Crippen LogP contribution in [0.25, 0.3) is 0 Å². The molecule has 0 aliphatic rings. The molecule has 0 aliphatic carbocycles. The highest BCUT2D eigenvalue weighted by molar-refractivity contribution is 8.00. The molecule has 2 aromatic heterocycles. The first kappa shape index (κ1) is 9.57. The Morgan fingerprint density at radius 2 is 2.29 bits per heavy atom. The van der Waals surface area contributed by atoms with Gasteiger partial charge in [0.05, 0.1) is 0 Å². The van der Waals surface area contributed by atoms with Crippen LogP contribution < -0.4 is 5.73 Å². The lowest BCUT2D eigenvalue weighted by molar-refractivity contribution is 1.01. The van der Waals surface area contributed by atoms with Crippen LogP contribution in [0.3, 0.4) is 0 Å². The van der Waals surface area contributed by atoms with Crippen molar-refractivity contribution in [2.24, 2.45) is 5.73 Å². The second-order valence-electron chi connectivity index (χ2n) is 2.52. The van der Waals surface area contributed by atoms with Gasteiger partial charge >= 0.3 is 0 Å². The largest absolute Gasteiger partial charge is 0.326 e. The summed E-state index contributed by atoms with van der Waals surface area (Å²) in [5.41, 5.74) is 6.50. The molecule has 0 saturated heterocycles. The van der Waals surface area contributed by atoms with Gasteiger partial charge in [0, 0.05) is 12.7 Å².